The molecule has 3 heteroatoms. The third kappa shape index (κ3) is 4.85. The van der Waals surface area contributed by atoms with Crippen molar-refractivity contribution in [2.45, 2.75) is 60.1 Å². The zero-order chi connectivity index (χ0) is 18.6. The summed E-state index contributed by atoms with van der Waals surface area (Å²) in [5.41, 5.74) is 5.73. The molecule has 1 amide bonds. The number of hydrogen-bond donors (Lipinski definition) is 1. The molecule has 0 heterocycles. The molecule has 134 valence electrons. The molecular weight excluding hydrogens is 310 g/mol. The third-order valence-corrected chi connectivity index (χ3v) is 4.64. The second-order valence-electron chi connectivity index (χ2n) is 6.85. The maximum atomic E-state index is 12.6. The Balaban J connectivity index is 2.08. The van der Waals surface area contributed by atoms with E-state index in [1.807, 2.05) is 19.9 Å². The van der Waals surface area contributed by atoms with E-state index >= 15 is 0 Å². The Morgan fingerprint density at radius 2 is 1.68 bits per heavy atom. The number of benzene rings is 2. The van der Waals surface area contributed by atoms with Gasteiger partial charge < -0.3 is 10.1 Å². The molecule has 0 fully saturated rings. The SMILES string of the molecule is CC[C@H](NC(=O)[C@@H](C)Oc1cc(C)cc(C)c1C)c1ccc(C)cc1. The minimum Gasteiger partial charge on any atom is -0.481 e. The molecule has 3 nitrogen and oxygen atoms in total. The van der Waals surface area contributed by atoms with Gasteiger partial charge >= 0.3 is 0 Å². The quantitative estimate of drug-likeness (QED) is 0.808. The Kier molecular flexibility index (Phi) is 6.24. The number of nitrogens with one attached hydrogen (secondary N) is 1. The van der Waals surface area contributed by atoms with Crippen LogP contribution in [-0.2, 0) is 4.79 Å². The van der Waals surface area contributed by atoms with E-state index in [0.717, 1.165) is 28.9 Å². The van der Waals surface area contributed by atoms with Crippen LogP contribution in [-0.4, -0.2) is 12.0 Å². The van der Waals surface area contributed by atoms with Crippen molar-refractivity contribution in [3.8, 4) is 5.75 Å². The first-order chi connectivity index (χ1) is 11.8. The van der Waals surface area contributed by atoms with Crippen LogP contribution in [0, 0.1) is 27.7 Å². The number of ether oxygens (including phenoxy) is 1. The Morgan fingerprint density at radius 3 is 2.28 bits per heavy atom. The van der Waals surface area contributed by atoms with Crippen LogP contribution in [0.4, 0.5) is 0 Å². The van der Waals surface area contributed by atoms with Crippen LogP contribution in [0.5, 0.6) is 5.75 Å². The fraction of sp³-hybridized carbons (Fsp3) is 0.409. The molecule has 25 heavy (non-hydrogen) atoms. The predicted octanol–water partition coefficient (Wildman–Crippen LogP) is 4.96. The summed E-state index contributed by atoms with van der Waals surface area (Å²) in [4.78, 5) is 12.6. The van der Waals surface area contributed by atoms with Crippen molar-refractivity contribution in [1.82, 2.24) is 5.32 Å². The van der Waals surface area contributed by atoms with Gasteiger partial charge in [0.15, 0.2) is 6.10 Å². The number of carbonyl (C=O) groups excluding carboxylic acids is 1. The molecule has 2 atom stereocenters. The first-order valence-electron chi connectivity index (χ1n) is 8.93. The summed E-state index contributed by atoms with van der Waals surface area (Å²) in [6.07, 6.45) is 0.295. The molecule has 2 aromatic carbocycles. The molecule has 0 aliphatic carbocycles. The standard InChI is InChI=1S/C22H29NO2/c1-7-20(19-10-8-14(2)9-11-19)23-22(24)18(6)25-21-13-15(3)12-16(4)17(21)5/h8-13,18,20H,7H2,1-6H3,(H,23,24)/t18-,20+/m1/s1. The smallest absolute Gasteiger partial charge is 0.261 e. The fourth-order valence-corrected chi connectivity index (χ4v) is 2.88. The summed E-state index contributed by atoms with van der Waals surface area (Å²) >= 11 is 0. The molecule has 0 saturated carbocycles. The molecule has 1 N–H and O–H groups in total. The molecule has 0 bridgehead atoms. The highest BCUT2D eigenvalue weighted by molar-refractivity contribution is 5.81. The summed E-state index contributed by atoms with van der Waals surface area (Å²) in [6.45, 7) is 12.1. The van der Waals surface area contributed by atoms with E-state index in [2.05, 4.69) is 56.4 Å². The van der Waals surface area contributed by atoms with E-state index in [1.165, 1.54) is 11.1 Å². The number of hydrogen-bond acceptors (Lipinski definition) is 2. The first-order valence-corrected chi connectivity index (χ1v) is 8.93. The van der Waals surface area contributed by atoms with Crippen molar-refractivity contribution in [1.29, 1.82) is 0 Å². The van der Waals surface area contributed by atoms with Gasteiger partial charge in [0.2, 0.25) is 0 Å². The Bertz CT molecular complexity index is 734. The van der Waals surface area contributed by atoms with Crippen molar-refractivity contribution in [3.05, 3.63) is 64.2 Å². The van der Waals surface area contributed by atoms with Crippen LogP contribution < -0.4 is 10.1 Å². The van der Waals surface area contributed by atoms with Crippen LogP contribution in [0.2, 0.25) is 0 Å². The molecule has 0 unspecified atom stereocenters. The second kappa shape index (κ2) is 8.19. The summed E-state index contributed by atoms with van der Waals surface area (Å²) in [7, 11) is 0. The molecule has 2 aromatic rings. The van der Waals surface area contributed by atoms with Gasteiger partial charge in [-0.05, 0) is 69.4 Å². The van der Waals surface area contributed by atoms with E-state index in [1.54, 1.807) is 6.92 Å². The van der Waals surface area contributed by atoms with E-state index in [-0.39, 0.29) is 11.9 Å². The lowest BCUT2D eigenvalue weighted by Gasteiger charge is -2.22. The van der Waals surface area contributed by atoms with Crippen molar-refractivity contribution < 1.29 is 9.53 Å². The van der Waals surface area contributed by atoms with Gasteiger partial charge in [0.1, 0.15) is 5.75 Å². The molecule has 2 rings (SSSR count). The minimum atomic E-state index is -0.542. The number of amides is 1. The topological polar surface area (TPSA) is 38.3 Å². The first kappa shape index (κ1) is 19.0. The van der Waals surface area contributed by atoms with Gasteiger partial charge in [-0.1, -0.05) is 42.8 Å². The molecule has 0 spiro atoms. The highest BCUT2D eigenvalue weighted by Gasteiger charge is 2.20. The van der Waals surface area contributed by atoms with Crippen molar-refractivity contribution in [3.63, 3.8) is 0 Å². The van der Waals surface area contributed by atoms with Gasteiger partial charge in [-0.3, -0.25) is 4.79 Å². The van der Waals surface area contributed by atoms with Gasteiger partial charge in [-0.2, -0.15) is 0 Å². The highest BCUT2D eigenvalue weighted by Crippen LogP contribution is 2.25. The van der Waals surface area contributed by atoms with Gasteiger partial charge in [0.25, 0.3) is 5.91 Å². The van der Waals surface area contributed by atoms with E-state index in [9.17, 15) is 4.79 Å². The number of rotatable bonds is 6. The predicted molar refractivity (Wildman–Crippen MR) is 103 cm³/mol. The lowest BCUT2D eigenvalue weighted by molar-refractivity contribution is -0.128. The third-order valence-electron chi connectivity index (χ3n) is 4.64. The normalized spacial score (nSPS) is 13.2. The average Bonchev–Trinajstić information content (AvgIpc) is 2.57. The summed E-state index contributed by atoms with van der Waals surface area (Å²) < 4.78 is 5.96. The average molecular weight is 339 g/mol. The zero-order valence-electron chi connectivity index (χ0n) is 16.1. The number of carbonyl (C=O) groups is 1. The van der Waals surface area contributed by atoms with E-state index < -0.39 is 6.10 Å². The van der Waals surface area contributed by atoms with Crippen molar-refractivity contribution in [2.24, 2.45) is 0 Å². The molecule has 0 radical (unpaired) electrons. The fourth-order valence-electron chi connectivity index (χ4n) is 2.88. The van der Waals surface area contributed by atoms with Crippen molar-refractivity contribution >= 4 is 5.91 Å². The molecule has 0 saturated heterocycles. The van der Waals surface area contributed by atoms with Crippen LogP contribution in [0.25, 0.3) is 0 Å². The molecule has 0 aromatic heterocycles. The molecule has 0 aliphatic rings. The maximum Gasteiger partial charge on any atom is 0.261 e. The number of aryl methyl sites for hydroxylation is 3. The van der Waals surface area contributed by atoms with Crippen LogP contribution in [0.1, 0.15) is 54.1 Å². The van der Waals surface area contributed by atoms with E-state index in [4.69, 9.17) is 4.74 Å². The van der Waals surface area contributed by atoms with Gasteiger partial charge in [-0.25, -0.2) is 0 Å². The summed E-state index contributed by atoms with van der Waals surface area (Å²) in [5.74, 6) is 0.689. The lowest BCUT2D eigenvalue weighted by atomic mass is 10.0. The summed E-state index contributed by atoms with van der Waals surface area (Å²) in [6, 6.07) is 12.4. The van der Waals surface area contributed by atoms with Gasteiger partial charge in [-0.15, -0.1) is 0 Å². The van der Waals surface area contributed by atoms with Gasteiger partial charge in [0, 0.05) is 0 Å². The monoisotopic (exact) mass is 339 g/mol. The second-order valence-corrected chi connectivity index (χ2v) is 6.85. The Morgan fingerprint density at radius 1 is 1.04 bits per heavy atom. The lowest BCUT2D eigenvalue weighted by Crippen LogP contribution is -2.38. The Hall–Kier alpha value is -2.29. The largest absolute Gasteiger partial charge is 0.481 e. The van der Waals surface area contributed by atoms with Crippen LogP contribution in [0.15, 0.2) is 36.4 Å². The molecular formula is C22H29NO2. The zero-order valence-corrected chi connectivity index (χ0v) is 16.1. The minimum absolute atomic E-state index is 0.000470. The molecule has 0 aliphatic heterocycles. The van der Waals surface area contributed by atoms with Crippen LogP contribution >= 0.6 is 0 Å². The highest BCUT2D eigenvalue weighted by atomic mass is 16.5. The van der Waals surface area contributed by atoms with Gasteiger partial charge in [0.05, 0.1) is 6.04 Å². The summed E-state index contributed by atoms with van der Waals surface area (Å²) in [5, 5.41) is 3.11. The van der Waals surface area contributed by atoms with Crippen LogP contribution in [0.3, 0.4) is 0 Å². The maximum absolute atomic E-state index is 12.6. The van der Waals surface area contributed by atoms with Crippen molar-refractivity contribution in [2.75, 3.05) is 0 Å². The Labute approximate surface area is 151 Å². The van der Waals surface area contributed by atoms with E-state index in [0.29, 0.717) is 0 Å².